The third kappa shape index (κ3) is 3.47. The minimum Gasteiger partial charge on any atom is -0.345 e. The number of fused-ring (bicyclic) bond motifs is 1. The van der Waals surface area contributed by atoms with E-state index in [9.17, 15) is 4.79 Å². The van der Waals surface area contributed by atoms with E-state index in [4.69, 9.17) is 0 Å². The van der Waals surface area contributed by atoms with Gasteiger partial charge in [0.15, 0.2) is 0 Å². The van der Waals surface area contributed by atoms with Crippen LogP contribution >= 0.6 is 11.3 Å². The molecule has 2 aromatic heterocycles. The van der Waals surface area contributed by atoms with Gasteiger partial charge in [-0.25, -0.2) is 9.97 Å². The normalized spacial score (nSPS) is 13.5. The molecule has 1 aromatic carbocycles. The fourth-order valence-electron chi connectivity index (χ4n) is 2.86. The summed E-state index contributed by atoms with van der Waals surface area (Å²) in [4.78, 5) is 21.3. The molecule has 128 valence electrons. The van der Waals surface area contributed by atoms with Crippen molar-refractivity contribution in [3.8, 4) is 10.6 Å². The lowest BCUT2D eigenvalue weighted by atomic mass is 10.1. The minimum absolute atomic E-state index is 0.160. The highest BCUT2D eigenvalue weighted by molar-refractivity contribution is 7.13. The van der Waals surface area contributed by atoms with Crippen molar-refractivity contribution in [3.05, 3.63) is 58.6 Å². The number of amides is 1. The Morgan fingerprint density at radius 2 is 2.32 bits per heavy atom. The Morgan fingerprint density at radius 1 is 1.40 bits per heavy atom. The van der Waals surface area contributed by atoms with Crippen LogP contribution in [-0.4, -0.2) is 27.0 Å². The van der Waals surface area contributed by atoms with Crippen molar-refractivity contribution in [2.75, 3.05) is 6.54 Å². The second-order valence-electron chi connectivity index (χ2n) is 6.11. The lowest BCUT2D eigenvalue weighted by molar-refractivity contribution is 0.0945. The largest absolute Gasteiger partial charge is 0.345 e. The molecule has 0 bridgehead atoms. The van der Waals surface area contributed by atoms with E-state index in [1.807, 2.05) is 22.2 Å². The summed E-state index contributed by atoms with van der Waals surface area (Å²) >= 11 is 1.59. The van der Waals surface area contributed by atoms with Crippen LogP contribution in [-0.2, 0) is 19.6 Å². The molecule has 4 rings (SSSR count). The Kier molecular flexibility index (Phi) is 4.33. The summed E-state index contributed by atoms with van der Waals surface area (Å²) in [7, 11) is 0. The Morgan fingerprint density at radius 3 is 3.16 bits per heavy atom. The predicted molar refractivity (Wildman–Crippen MR) is 97.4 cm³/mol. The van der Waals surface area contributed by atoms with E-state index in [0.29, 0.717) is 18.8 Å². The van der Waals surface area contributed by atoms with E-state index >= 15 is 0 Å². The number of carbonyl (C=O) groups excluding carboxylic acids is 1. The van der Waals surface area contributed by atoms with E-state index in [1.165, 1.54) is 5.56 Å². The second kappa shape index (κ2) is 6.78. The molecule has 6 nitrogen and oxygen atoms in total. The third-order valence-corrected chi connectivity index (χ3v) is 5.09. The molecule has 3 aromatic rings. The molecule has 0 saturated heterocycles. The van der Waals surface area contributed by atoms with Gasteiger partial charge >= 0.3 is 0 Å². The van der Waals surface area contributed by atoms with Crippen molar-refractivity contribution in [2.45, 2.75) is 26.6 Å². The number of thiazole rings is 1. The lowest BCUT2D eigenvalue weighted by Crippen LogP contribution is -2.27. The minimum atomic E-state index is -0.160. The quantitative estimate of drug-likeness (QED) is 0.755. The summed E-state index contributed by atoms with van der Waals surface area (Å²) in [5.74, 6) is 0.749. The molecule has 1 aliphatic heterocycles. The molecular weight excluding hydrogens is 334 g/mol. The van der Waals surface area contributed by atoms with Crippen molar-refractivity contribution in [3.63, 3.8) is 0 Å². The molecule has 0 atom stereocenters. The molecule has 1 amide bonds. The number of aromatic nitrogens is 3. The van der Waals surface area contributed by atoms with E-state index in [0.717, 1.165) is 35.2 Å². The molecule has 0 fully saturated rings. The summed E-state index contributed by atoms with van der Waals surface area (Å²) in [6.45, 7) is 4.94. The number of hydrogen-bond donors (Lipinski definition) is 2. The molecule has 7 heteroatoms. The van der Waals surface area contributed by atoms with Gasteiger partial charge in [0.1, 0.15) is 16.5 Å². The van der Waals surface area contributed by atoms with Crippen LogP contribution in [0.1, 0.15) is 27.6 Å². The van der Waals surface area contributed by atoms with Gasteiger partial charge in [0, 0.05) is 30.2 Å². The maximum absolute atomic E-state index is 12.3. The number of hydrogen-bond acceptors (Lipinski definition) is 5. The number of aryl methyl sites for hydroxylation is 1. The Hall–Kier alpha value is -2.51. The number of rotatable bonds is 4. The monoisotopic (exact) mass is 353 g/mol. The van der Waals surface area contributed by atoms with E-state index in [-0.39, 0.29) is 5.91 Å². The molecule has 1 aliphatic rings. The zero-order chi connectivity index (χ0) is 17.2. The first-order chi connectivity index (χ1) is 12.2. The van der Waals surface area contributed by atoms with Gasteiger partial charge in [-0.15, -0.1) is 11.3 Å². The lowest BCUT2D eigenvalue weighted by Gasteiger charge is -2.13. The average molecular weight is 353 g/mol. The van der Waals surface area contributed by atoms with E-state index in [1.54, 1.807) is 11.3 Å². The highest BCUT2D eigenvalue weighted by atomic mass is 32.1. The van der Waals surface area contributed by atoms with Gasteiger partial charge in [-0.3, -0.25) is 4.79 Å². The zero-order valence-corrected chi connectivity index (χ0v) is 14.8. The van der Waals surface area contributed by atoms with Crippen LogP contribution in [0.3, 0.4) is 0 Å². The molecule has 2 N–H and O–H groups in total. The van der Waals surface area contributed by atoms with Crippen LogP contribution in [0.5, 0.6) is 0 Å². The van der Waals surface area contributed by atoms with Crippen LogP contribution in [0.2, 0.25) is 0 Å². The standard InChI is InChI=1S/C18H19N5OS/c1-12-3-2-4-13(7-12)18-21-14(11-25-18)8-20-17(24)15-10-23-6-5-19-9-16(23)22-15/h2-4,7,10-11,19H,5-6,8-9H2,1H3,(H,20,24). The van der Waals surface area contributed by atoms with Gasteiger partial charge in [-0.05, 0) is 13.0 Å². The van der Waals surface area contributed by atoms with Gasteiger partial charge in [0.05, 0.1) is 18.8 Å². The molecule has 3 heterocycles. The fourth-order valence-corrected chi connectivity index (χ4v) is 3.67. The molecule has 25 heavy (non-hydrogen) atoms. The smallest absolute Gasteiger partial charge is 0.271 e. The molecule has 0 aliphatic carbocycles. The zero-order valence-electron chi connectivity index (χ0n) is 14.0. The van der Waals surface area contributed by atoms with E-state index in [2.05, 4.69) is 45.7 Å². The predicted octanol–water partition coefficient (Wildman–Crippen LogP) is 2.35. The first kappa shape index (κ1) is 16.0. The summed E-state index contributed by atoms with van der Waals surface area (Å²) in [5.41, 5.74) is 3.64. The van der Waals surface area contributed by atoms with Gasteiger partial charge in [-0.1, -0.05) is 23.8 Å². The number of nitrogens with zero attached hydrogens (tertiary/aromatic N) is 3. The summed E-state index contributed by atoms with van der Waals surface area (Å²) in [5, 5.41) is 9.11. The van der Waals surface area contributed by atoms with Crippen LogP contribution in [0.25, 0.3) is 10.6 Å². The maximum atomic E-state index is 12.3. The molecule has 0 unspecified atom stereocenters. The van der Waals surface area contributed by atoms with Crippen molar-refractivity contribution in [1.29, 1.82) is 0 Å². The Labute approximate surface area is 149 Å². The summed E-state index contributed by atoms with van der Waals surface area (Å²) in [6, 6.07) is 8.27. The average Bonchev–Trinajstić information content (AvgIpc) is 3.26. The summed E-state index contributed by atoms with van der Waals surface area (Å²) in [6.07, 6.45) is 1.82. The fraction of sp³-hybridized carbons (Fsp3) is 0.278. The number of nitrogens with one attached hydrogen (secondary N) is 2. The Balaban J connectivity index is 1.41. The van der Waals surface area contributed by atoms with Gasteiger partial charge in [0.25, 0.3) is 5.91 Å². The van der Waals surface area contributed by atoms with Crippen molar-refractivity contribution in [1.82, 2.24) is 25.2 Å². The number of carbonyl (C=O) groups is 1. The maximum Gasteiger partial charge on any atom is 0.271 e. The van der Waals surface area contributed by atoms with Gasteiger partial charge in [-0.2, -0.15) is 0 Å². The summed E-state index contributed by atoms with van der Waals surface area (Å²) < 4.78 is 2.03. The van der Waals surface area contributed by atoms with Gasteiger partial charge in [0.2, 0.25) is 0 Å². The van der Waals surface area contributed by atoms with Gasteiger partial charge < -0.3 is 15.2 Å². The van der Waals surface area contributed by atoms with E-state index < -0.39 is 0 Å². The van der Waals surface area contributed by atoms with Crippen molar-refractivity contribution in [2.24, 2.45) is 0 Å². The van der Waals surface area contributed by atoms with Crippen molar-refractivity contribution < 1.29 is 4.79 Å². The molecule has 0 spiro atoms. The number of imidazole rings is 1. The Bertz CT molecular complexity index is 890. The highest BCUT2D eigenvalue weighted by Gasteiger charge is 2.16. The molecular formula is C18H19N5OS. The first-order valence-corrected chi connectivity index (χ1v) is 9.13. The van der Waals surface area contributed by atoms with Crippen LogP contribution in [0.4, 0.5) is 0 Å². The van der Waals surface area contributed by atoms with Crippen LogP contribution in [0, 0.1) is 6.92 Å². The molecule has 0 radical (unpaired) electrons. The third-order valence-electron chi connectivity index (χ3n) is 4.15. The first-order valence-electron chi connectivity index (χ1n) is 8.25. The number of benzene rings is 1. The van der Waals surface area contributed by atoms with Crippen LogP contribution in [0.15, 0.2) is 35.8 Å². The highest BCUT2D eigenvalue weighted by Crippen LogP contribution is 2.24. The molecule has 0 saturated carbocycles. The van der Waals surface area contributed by atoms with Crippen molar-refractivity contribution >= 4 is 17.2 Å². The topological polar surface area (TPSA) is 71.8 Å². The second-order valence-corrected chi connectivity index (χ2v) is 6.97. The van der Waals surface area contributed by atoms with Crippen LogP contribution < -0.4 is 10.6 Å². The SMILES string of the molecule is Cc1cccc(-c2nc(CNC(=O)c3cn4c(n3)CNCC4)cs2)c1.